The van der Waals surface area contributed by atoms with Gasteiger partial charge in [-0.25, -0.2) is 0 Å². The van der Waals surface area contributed by atoms with Gasteiger partial charge < -0.3 is 4.90 Å². The molecule has 0 N–H and O–H groups in total. The summed E-state index contributed by atoms with van der Waals surface area (Å²) in [6.07, 6.45) is 0. The van der Waals surface area contributed by atoms with Crippen molar-refractivity contribution in [3.63, 3.8) is 0 Å². The van der Waals surface area contributed by atoms with Crippen LogP contribution in [0.4, 0.5) is 17.1 Å². The van der Waals surface area contributed by atoms with E-state index in [0.717, 1.165) is 64.0 Å². The van der Waals surface area contributed by atoms with Crippen LogP contribution in [-0.2, 0) is 0 Å². The maximum atomic E-state index is 9.67. The van der Waals surface area contributed by atoms with Crippen LogP contribution in [-0.4, -0.2) is 0 Å². The molecular formula is C56H37NS. The molecule has 0 aliphatic carbocycles. The van der Waals surface area contributed by atoms with Crippen molar-refractivity contribution in [2.24, 2.45) is 0 Å². The zero-order valence-electron chi connectivity index (χ0n) is 39.1. The van der Waals surface area contributed by atoms with Gasteiger partial charge in [-0.15, -0.1) is 11.3 Å². The predicted molar refractivity (Wildman–Crippen MR) is 251 cm³/mol. The molecule has 0 fully saturated rings. The number of hydrogen-bond acceptors (Lipinski definition) is 2. The summed E-state index contributed by atoms with van der Waals surface area (Å²) in [5.41, 5.74) is 4.91. The fraction of sp³-hybridized carbons (Fsp3) is 0. The van der Waals surface area contributed by atoms with E-state index in [1.54, 1.807) is 18.2 Å². The number of thiophene rings is 1. The largest absolute Gasteiger partial charge is 0.311 e. The van der Waals surface area contributed by atoms with Crippen LogP contribution in [0, 0.1) is 0 Å². The normalized spacial score (nSPS) is 13.4. The van der Waals surface area contributed by atoms with Gasteiger partial charge in [0.1, 0.15) is 0 Å². The van der Waals surface area contributed by atoms with Crippen molar-refractivity contribution in [2.75, 3.05) is 4.90 Å². The molecule has 0 unspecified atom stereocenters. The molecule has 1 nitrogen and oxygen atoms in total. The first-order valence-corrected chi connectivity index (χ1v) is 20.0. The van der Waals surface area contributed by atoms with Crippen LogP contribution in [0.3, 0.4) is 0 Å². The number of fused-ring (bicyclic) bond motifs is 5. The lowest BCUT2D eigenvalue weighted by molar-refractivity contribution is 1.28. The zero-order chi connectivity index (χ0) is 45.4. The van der Waals surface area contributed by atoms with Gasteiger partial charge in [0.15, 0.2) is 0 Å². The smallest absolute Gasteiger partial charge is 0.0645 e. The molecule has 10 aromatic carbocycles. The summed E-state index contributed by atoms with van der Waals surface area (Å²) in [7, 11) is 0. The molecule has 272 valence electrons. The van der Waals surface area contributed by atoms with Crippen molar-refractivity contribution in [1.82, 2.24) is 0 Å². The summed E-state index contributed by atoms with van der Waals surface area (Å²) in [5.74, 6) is 0. The van der Waals surface area contributed by atoms with Gasteiger partial charge in [-0.3, -0.25) is 0 Å². The minimum Gasteiger partial charge on any atom is -0.311 e. The van der Waals surface area contributed by atoms with Crippen molar-refractivity contribution < 1.29 is 11.0 Å². The lowest BCUT2D eigenvalue weighted by Crippen LogP contribution is -2.09. The number of rotatable bonds is 7. The Bertz CT molecular complexity index is 3700. The Balaban J connectivity index is 1.11. The second kappa shape index (κ2) is 14.4. The number of anilines is 3. The summed E-state index contributed by atoms with van der Waals surface area (Å²) in [4.78, 5) is 1.37. The molecule has 11 aromatic rings. The number of hydrogen-bond donors (Lipinski definition) is 0. The first-order chi connectivity index (χ1) is 32.1. The van der Waals surface area contributed by atoms with Gasteiger partial charge in [0.05, 0.1) is 11.0 Å². The summed E-state index contributed by atoms with van der Waals surface area (Å²) < 4.78 is 78.7. The number of nitrogens with zero attached hydrogens (tertiary/aromatic N) is 1. The molecule has 0 aliphatic heterocycles. The molecule has 11 rings (SSSR count). The second-order valence-corrected chi connectivity index (χ2v) is 15.3. The maximum Gasteiger partial charge on any atom is 0.0645 e. The molecule has 2 heteroatoms. The Morgan fingerprint density at radius 2 is 0.879 bits per heavy atom. The molecule has 1 heterocycles. The lowest BCUT2D eigenvalue weighted by Gasteiger charge is -2.26. The van der Waals surface area contributed by atoms with Crippen molar-refractivity contribution in [1.29, 1.82) is 0 Å². The Kier molecular flexibility index (Phi) is 6.57. The minimum atomic E-state index is -0.392. The van der Waals surface area contributed by atoms with E-state index in [2.05, 4.69) is 18.2 Å². The molecule has 0 amide bonds. The van der Waals surface area contributed by atoms with Crippen molar-refractivity contribution >= 4 is 70.1 Å². The van der Waals surface area contributed by atoms with Gasteiger partial charge in [0.25, 0.3) is 0 Å². The van der Waals surface area contributed by atoms with Gasteiger partial charge in [0.2, 0.25) is 0 Å². The second-order valence-electron chi connectivity index (χ2n) is 14.3. The van der Waals surface area contributed by atoms with Gasteiger partial charge in [0, 0.05) is 37.2 Å². The van der Waals surface area contributed by atoms with E-state index < -0.39 is 12.1 Å². The highest BCUT2D eigenvalue weighted by Crippen LogP contribution is 2.42. The van der Waals surface area contributed by atoms with E-state index in [9.17, 15) is 11.0 Å². The lowest BCUT2D eigenvalue weighted by atomic mass is 9.97. The van der Waals surface area contributed by atoms with Gasteiger partial charge in [-0.05, 0) is 121 Å². The van der Waals surface area contributed by atoms with Crippen LogP contribution >= 0.6 is 11.3 Å². The molecule has 0 saturated carbocycles. The monoisotopic (exact) mass is 763 g/mol. The summed E-state index contributed by atoms with van der Waals surface area (Å²) in [6.45, 7) is 0. The van der Waals surface area contributed by atoms with E-state index in [1.807, 2.05) is 140 Å². The van der Waals surface area contributed by atoms with Crippen molar-refractivity contribution in [3.05, 3.63) is 224 Å². The standard InChI is InChI=1S/C56H37NS/c1-2-12-43-37-46(23-22-38(43)10-1)45-15-7-14-44(36-45)39-24-30-47(31-25-39)57(48-32-26-41(27-33-48)51-18-8-13-40-11-3-4-16-50(40)51)49-34-28-42(29-35-49)52-19-9-20-54-53-17-5-6-21-55(53)58-56(52)54/h1-37H/i24D,25D,28D,29D,30D,31D,34D,35D. The molecule has 0 bridgehead atoms. The Labute approximate surface area is 353 Å². The minimum absolute atomic E-state index is 0.106. The van der Waals surface area contributed by atoms with Gasteiger partial charge >= 0.3 is 0 Å². The average Bonchev–Trinajstić information content (AvgIpc) is 3.74. The van der Waals surface area contributed by atoms with Crippen LogP contribution in [0.1, 0.15) is 11.0 Å². The molecule has 0 radical (unpaired) electrons. The van der Waals surface area contributed by atoms with E-state index in [0.29, 0.717) is 16.8 Å². The summed E-state index contributed by atoms with van der Waals surface area (Å²) in [6, 6.07) is 54.1. The fourth-order valence-corrected chi connectivity index (χ4v) is 9.14. The molecule has 0 saturated heterocycles. The van der Waals surface area contributed by atoms with Crippen molar-refractivity contribution in [3.8, 4) is 44.5 Å². The third-order valence-corrected chi connectivity index (χ3v) is 12.0. The average molecular weight is 764 g/mol. The summed E-state index contributed by atoms with van der Waals surface area (Å²) >= 11 is 1.53. The molecular weight excluding hydrogens is 719 g/mol. The topological polar surface area (TPSA) is 3.24 Å². The maximum absolute atomic E-state index is 9.67. The first-order valence-electron chi connectivity index (χ1n) is 23.2. The third kappa shape index (κ3) is 6.12. The predicted octanol–water partition coefficient (Wildman–Crippen LogP) is 16.5. The fourth-order valence-electron chi connectivity index (χ4n) is 7.92. The highest BCUT2D eigenvalue weighted by atomic mass is 32.1. The van der Waals surface area contributed by atoms with E-state index in [1.165, 1.54) is 16.2 Å². The molecule has 1 aromatic heterocycles. The Morgan fingerprint density at radius 1 is 0.328 bits per heavy atom. The van der Waals surface area contributed by atoms with Crippen LogP contribution in [0.15, 0.2) is 224 Å². The van der Waals surface area contributed by atoms with E-state index >= 15 is 0 Å². The molecule has 0 atom stereocenters. The third-order valence-electron chi connectivity index (χ3n) is 10.8. The number of benzene rings is 10. The van der Waals surface area contributed by atoms with Gasteiger partial charge in [-0.2, -0.15) is 0 Å². The molecule has 0 spiro atoms. The van der Waals surface area contributed by atoms with Crippen LogP contribution in [0.25, 0.3) is 86.2 Å². The first kappa shape index (κ1) is 26.6. The quantitative estimate of drug-likeness (QED) is 0.156. The van der Waals surface area contributed by atoms with E-state index in [-0.39, 0.29) is 58.8 Å². The Morgan fingerprint density at radius 3 is 1.67 bits per heavy atom. The van der Waals surface area contributed by atoms with Gasteiger partial charge in [-0.1, -0.05) is 170 Å². The molecule has 58 heavy (non-hydrogen) atoms. The van der Waals surface area contributed by atoms with Crippen LogP contribution in [0.5, 0.6) is 0 Å². The van der Waals surface area contributed by atoms with E-state index in [4.69, 9.17) is 0 Å². The summed E-state index contributed by atoms with van der Waals surface area (Å²) in [5, 5.41) is 6.28. The molecule has 0 aliphatic rings. The van der Waals surface area contributed by atoms with Crippen LogP contribution < -0.4 is 4.90 Å². The van der Waals surface area contributed by atoms with Crippen molar-refractivity contribution in [2.45, 2.75) is 0 Å². The highest BCUT2D eigenvalue weighted by molar-refractivity contribution is 7.26. The van der Waals surface area contributed by atoms with Crippen LogP contribution in [0.2, 0.25) is 0 Å². The highest BCUT2D eigenvalue weighted by Gasteiger charge is 2.16. The zero-order valence-corrected chi connectivity index (χ0v) is 31.9. The Hall–Kier alpha value is -7.26. The SMILES string of the molecule is [2H]c1c([2H])c(N(c2ccc(-c3cccc4ccccc34)cc2)c2c([2H])c([2H])c(-c3cccc4c3sc3ccccc34)c([2H])c2[2H])c([2H])c([2H])c1-c1cccc(-c2ccc3ccccc3c2)c1.